The molecule has 1 aromatic carbocycles. The van der Waals surface area contributed by atoms with Crippen LogP contribution in [0.25, 0.3) is 0 Å². The molecule has 0 saturated carbocycles. The molecule has 0 aromatic heterocycles. The van der Waals surface area contributed by atoms with Gasteiger partial charge in [0.05, 0.1) is 6.04 Å². The number of hydrogen-bond acceptors (Lipinski definition) is 4. The molecule has 3 N–H and O–H groups in total. The molecule has 0 bridgehead atoms. The highest BCUT2D eigenvalue weighted by Gasteiger charge is 2.18. The monoisotopic (exact) mass is 264 g/mol. The SMILES string of the molecule is Cc1ccc(COC(=O)[C@H](C)NC(=O)[C@H](C)N)cc1. The molecule has 0 heterocycles. The maximum atomic E-state index is 11.7. The Morgan fingerprint density at radius 2 is 1.84 bits per heavy atom. The van der Waals surface area contributed by atoms with Gasteiger partial charge in [0.25, 0.3) is 0 Å². The zero-order valence-electron chi connectivity index (χ0n) is 11.5. The van der Waals surface area contributed by atoms with E-state index in [1.54, 1.807) is 13.8 Å². The van der Waals surface area contributed by atoms with E-state index in [-0.39, 0.29) is 12.5 Å². The van der Waals surface area contributed by atoms with Gasteiger partial charge in [0, 0.05) is 0 Å². The van der Waals surface area contributed by atoms with Gasteiger partial charge in [-0.3, -0.25) is 4.79 Å². The van der Waals surface area contributed by atoms with Gasteiger partial charge in [-0.2, -0.15) is 0 Å². The van der Waals surface area contributed by atoms with Crippen LogP contribution in [0.15, 0.2) is 24.3 Å². The second kappa shape index (κ2) is 6.89. The van der Waals surface area contributed by atoms with Gasteiger partial charge in [0.15, 0.2) is 0 Å². The highest BCUT2D eigenvalue weighted by atomic mass is 16.5. The number of amides is 1. The number of benzene rings is 1. The smallest absolute Gasteiger partial charge is 0.328 e. The third kappa shape index (κ3) is 5.09. The van der Waals surface area contributed by atoms with E-state index in [2.05, 4.69) is 5.32 Å². The Morgan fingerprint density at radius 1 is 1.26 bits per heavy atom. The fourth-order valence-electron chi connectivity index (χ4n) is 1.37. The number of nitrogens with two attached hydrogens (primary N) is 1. The summed E-state index contributed by atoms with van der Waals surface area (Å²) in [6, 6.07) is 6.34. The summed E-state index contributed by atoms with van der Waals surface area (Å²) in [6.07, 6.45) is 0. The average Bonchev–Trinajstić information content (AvgIpc) is 2.37. The van der Waals surface area contributed by atoms with Crippen molar-refractivity contribution in [2.45, 2.75) is 39.5 Å². The van der Waals surface area contributed by atoms with Crippen LogP contribution in [0, 0.1) is 6.92 Å². The molecule has 1 aromatic rings. The topological polar surface area (TPSA) is 81.4 Å². The van der Waals surface area contributed by atoms with Crippen molar-refractivity contribution in [1.29, 1.82) is 0 Å². The molecule has 2 atom stereocenters. The lowest BCUT2D eigenvalue weighted by Crippen LogP contribution is -2.46. The fourth-order valence-corrected chi connectivity index (χ4v) is 1.37. The van der Waals surface area contributed by atoms with Gasteiger partial charge in [0.2, 0.25) is 5.91 Å². The van der Waals surface area contributed by atoms with E-state index in [1.165, 1.54) is 0 Å². The van der Waals surface area contributed by atoms with Crippen LogP contribution in [0.4, 0.5) is 0 Å². The molecular formula is C14H20N2O3. The van der Waals surface area contributed by atoms with Gasteiger partial charge in [-0.15, -0.1) is 0 Å². The Balaban J connectivity index is 2.42. The Labute approximate surface area is 113 Å². The summed E-state index contributed by atoms with van der Waals surface area (Å²) in [6.45, 7) is 5.30. The molecule has 0 unspecified atom stereocenters. The van der Waals surface area contributed by atoms with E-state index in [9.17, 15) is 9.59 Å². The van der Waals surface area contributed by atoms with E-state index in [0.717, 1.165) is 11.1 Å². The van der Waals surface area contributed by atoms with Gasteiger partial charge in [-0.25, -0.2) is 4.79 Å². The summed E-state index contributed by atoms with van der Waals surface area (Å²) in [5, 5.41) is 2.49. The largest absolute Gasteiger partial charge is 0.459 e. The number of esters is 1. The minimum Gasteiger partial charge on any atom is -0.459 e. The molecule has 19 heavy (non-hydrogen) atoms. The number of ether oxygens (including phenoxy) is 1. The van der Waals surface area contributed by atoms with Crippen molar-refractivity contribution in [3.8, 4) is 0 Å². The third-order valence-corrected chi connectivity index (χ3v) is 2.63. The van der Waals surface area contributed by atoms with Crippen molar-refractivity contribution in [1.82, 2.24) is 5.32 Å². The molecule has 1 rings (SSSR count). The zero-order chi connectivity index (χ0) is 14.4. The Morgan fingerprint density at radius 3 is 2.37 bits per heavy atom. The Bertz CT molecular complexity index is 441. The van der Waals surface area contributed by atoms with Gasteiger partial charge in [-0.05, 0) is 26.3 Å². The van der Waals surface area contributed by atoms with Crippen molar-refractivity contribution in [2.24, 2.45) is 5.73 Å². The van der Waals surface area contributed by atoms with Gasteiger partial charge >= 0.3 is 5.97 Å². The number of aryl methyl sites for hydroxylation is 1. The number of carbonyl (C=O) groups excluding carboxylic acids is 2. The molecule has 0 aliphatic heterocycles. The van der Waals surface area contributed by atoms with E-state index >= 15 is 0 Å². The fraction of sp³-hybridized carbons (Fsp3) is 0.429. The highest BCUT2D eigenvalue weighted by molar-refractivity contribution is 5.86. The highest BCUT2D eigenvalue weighted by Crippen LogP contribution is 2.05. The summed E-state index contributed by atoms with van der Waals surface area (Å²) in [7, 11) is 0. The molecule has 104 valence electrons. The van der Waals surface area contributed by atoms with Crippen molar-refractivity contribution < 1.29 is 14.3 Å². The third-order valence-electron chi connectivity index (χ3n) is 2.63. The molecule has 0 spiro atoms. The molecule has 0 aliphatic carbocycles. The van der Waals surface area contributed by atoms with Crippen LogP contribution >= 0.6 is 0 Å². The lowest BCUT2D eigenvalue weighted by molar-refractivity contribution is -0.148. The summed E-state index contributed by atoms with van der Waals surface area (Å²) >= 11 is 0. The second-order valence-corrected chi connectivity index (χ2v) is 4.61. The lowest BCUT2D eigenvalue weighted by Gasteiger charge is -2.14. The summed E-state index contributed by atoms with van der Waals surface area (Å²) in [4.78, 5) is 23.0. The minimum atomic E-state index is -0.705. The quantitative estimate of drug-likeness (QED) is 0.774. The van der Waals surface area contributed by atoms with Crippen LogP contribution in [-0.4, -0.2) is 24.0 Å². The maximum Gasteiger partial charge on any atom is 0.328 e. The molecule has 5 nitrogen and oxygen atoms in total. The summed E-state index contributed by atoms with van der Waals surface area (Å²) in [5.74, 6) is -0.852. The average molecular weight is 264 g/mol. The standard InChI is InChI=1S/C14H20N2O3/c1-9-4-6-12(7-5-9)8-19-14(18)11(3)16-13(17)10(2)15/h4-7,10-11H,8,15H2,1-3H3,(H,16,17)/t10-,11-/m0/s1. The Hall–Kier alpha value is -1.88. The van der Waals surface area contributed by atoms with Crippen molar-refractivity contribution in [2.75, 3.05) is 0 Å². The molecule has 0 saturated heterocycles. The van der Waals surface area contributed by atoms with Gasteiger partial charge in [-0.1, -0.05) is 29.8 Å². The van der Waals surface area contributed by atoms with E-state index in [1.807, 2.05) is 31.2 Å². The van der Waals surface area contributed by atoms with Crippen LogP contribution in [0.1, 0.15) is 25.0 Å². The number of nitrogens with one attached hydrogen (secondary N) is 1. The first-order chi connectivity index (χ1) is 8.90. The summed E-state index contributed by atoms with van der Waals surface area (Å²) < 4.78 is 5.12. The van der Waals surface area contributed by atoms with E-state index in [4.69, 9.17) is 10.5 Å². The number of rotatable bonds is 5. The molecule has 5 heteroatoms. The van der Waals surface area contributed by atoms with Crippen LogP contribution in [0.2, 0.25) is 0 Å². The summed E-state index contributed by atoms with van der Waals surface area (Å²) in [5.41, 5.74) is 7.45. The van der Waals surface area contributed by atoms with Crippen molar-refractivity contribution >= 4 is 11.9 Å². The maximum absolute atomic E-state index is 11.7. The van der Waals surface area contributed by atoms with Crippen molar-refractivity contribution in [3.05, 3.63) is 35.4 Å². The van der Waals surface area contributed by atoms with Crippen LogP contribution < -0.4 is 11.1 Å². The first-order valence-electron chi connectivity index (χ1n) is 6.18. The van der Waals surface area contributed by atoms with Crippen LogP contribution in [0.3, 0.4) is 0 Å². The first kappa shape index (κ1) is 15.2. The van der Waals surface area contributed by atoms with E-state index < -0.39 is 18.1 Å². The molecule has 0 aliphatic rings. The number of carbonyl (C=O) groups is 2. The van der Waals surface area contributed by atoms with Crippen LogP contribution in [-0.2, 0) is 20.9 Å². The number of hydrogen-bond donors (Lipinski definition) is 2. The normalized spacial score (nSPS) is 13.5. The lowest BCUT2D eigenvalue weighted by atomic mass is 10.2. The molecule has 0 fully saturated rings. The zero-order valence-corrected chi connectivity index (χ0v) is 11.5. The second-order valence-electron chi connectivity index (χ2n) is 4.61. The first-order valence-corrected chi connectivity index (χ1v) is 6.18. The molecular weight excluding hydrogens is 244 g/mol. The van der Waals surface area contributed by atoms with E-state index in [0.29, 0.717) is 0 Å². The van der Waals surface area contributed by atoms with Gasteiger partial charge in [0.1, 0.15) is 12.6 Å². The van der Waals surface area contributed by atoms with Gasteiger partial charge < -0.3 is 15.8 Å². The predicted octanol–water partition coefficient (Wildman–Crippen LogP) is 0.890. The minimum absolute atomic E-state index is 0.192. The Kier molecular flexibility index (Phi) is 5.51. The molecule has 0 radical (unpaired) electrons. The van der Waals surface area contributed by atoms with Crippen LogP contribution in [0.5, 0.6) is 0 Å². The predicted molar refractivity (Wildman–Crippen MR) is 72.2 cm³/mol. The van der Waals surface area contributed by atoms with Crippen molar-refractivity contribution in [3.63, 3.8) is 0 Å². The molecule has 1 amide bonds.